The molecule has 10 nitrogen and oxygen atoms in total. The number of anilines is 2. The van der Waals surface area contributed by atoms with E-state index < -0.39 is 17.8 Å². The maximum absolute atomic E-state index is 13.9. The van der Waals surface area contributed by atoms with Gasteiger partial charge in [-0.15, -0.1) is 5.10 Å². The van der Waals surface area contributed by atoms with E-state index in [9.17, 15) is 18.4 Å². The van der Waals surface area contributed by atoms with Gasteiger partial charge < -0.3 is 10.6 Å². The van der Waals surface area contributed by atoms with Crippen molar-refractivity contribution in [3.63, 3.8) is 0 Å². The summed E-state index contributed by atoms with van der Waals surface area (Å²) in [5.74, 6) is 0. The third-order valence-corrected chi connectivity index (χ3v) is 7.58. The van der Waals surface area contributed by atoms with E-state index in [-0.39, 0.29) is 24.0 Å². The predicted molar refractivity (Wildman–Crippen MR) is 151 cm³/mol. The van der Waals surface area contributed by atoms with Gasteiger partial charge in [-0.3, -0.25) is 4.98 Å². The van der Waals surface area contributed by atoms with E-state index in [1.165, 1.54) is 17.0 Å². The molecular weight excluding hydrogens is 569 g/mol. The van der Waals surface area contributed by atoms with E-state index in [4.69, 9.17) is 11.6 Å². The highest BCUT2D eigenvalue weighted by Crippen LogP contribution is 2.55. The van der Waals surface area contributed by atoms with Gasteiger partial charge in [0.1, 0.15) is 17.8 Å². The molecule has 14 heteroatoms. The lowest BCUT2D eigenvalue weighted by atomic mass is 9.96. The summed E-state index contributed by atoms with van der Waals surface area (Å²) in [6.45, 7) is 6.80. The Balaban J connectivity index is 1.46. The molecule has 6 rings (SSSR count). The first kappa shape index (κ1) is 27.7. The molecule has 1 aliphatic carbocycles. The Bertz CT molecular complexity index is 1840. The summed E-state index contributed by atoms with van der Waals surface area (Å²) in [5.41, 5.74) is 1.37. The molecule has 0 saturated heterocycles. The van der Waals surface area contributed by atoms with Gasteiger partial charge in [-0.2, -0.15) is 33.3 Å². The van der Waals surface area contributed by atoms with Crippen LogP contribution in [0.3, 0.4) is 0 Å². The van der Waals surface area contributed by atoms with Crippen LogP contribution in [0.25, 0.3) is 16.4 Å². The first-order valence-electron chi connectivity index (χ1n) is 13.2. The third-order valence-electron chi connectivity index (χ3n) is 7.29. The van der Waals surface area contributed by atoms with E-state index in [0.717, 1.165) is 4.68 Å². The Labute approximate surface area is 243 Å². The molecule has 0 unspecified atom stereocenters. The molecule has 5 aromatic rings. The minimum absolute atomic E-state index is 0.0586. The second-order valence-electron chi connectivity index (χ2n) is 11.6. The summed E-state index contributed by atoms with van der Waals surface area (Å²) in [4.78, 5) is 4.41. The van der Waals surface area contributed by atoms with E-state index in [0.29, 0.717) is 50.5 Å². The molecule has 0 aliphatic heterocycles. The van der Waals surface area contributed by atoms with Crippen molar-refractivity contribution >= 4 is 39.4 Å². The topological polar surface area (TPSA) is 122 Å². The zero-order chi connectivity index (χ0) is 29.9. The maximum Gasteiger partial charge on any atom is 0.413 e. The number of benzene rings is 1. The number of nitrogens with one attached hydrogen (secondary N) is 2. The average molecular weight is 595 g/mol. The quantitative estimate of drug-likeness (QED) is 0.232. The molecule has 0 spiro atoms. The fourth-order valence-corrected chi connectivity index (χ4v) is 5.17. The summed E-state index contributed by atoms with van der Waals surface area (Å²) in [6, 6.07) is 8.45. The largest absolute Gasteiger partial charge is 0.413 e. The van der Waals surface area contributed by atoms with E-state index >= 15 is 0 Å². The lowest BCUT2D eigenvalue weighted by molar-refractivity contribution is -0.182. The number of halogens is 4. The van der Waals surface area contributed by atoms with Gasteiger partial charge in [0.05, 0.1) is 39.7 Å². The lowest BCUT2D eigenvalue weighted by Crippen LogP contribution is -2.35. The molecule has 4 heterocycles. The van der Waals surface area contributed by atoms with Crippen molar-refractivity contribution in [3.8, 4) is 6.07 Å². The van der Waals surface area contributed by atoms with Crippen molar-refractivity contribution < 1.29 is 13.2 Å². The van der Waals surface area contributed by atoms with Gasteiger partial charge in [-0.1, -0.05) is 37.6 Å². The van der Waals surface area contributed by atoms with Crippen LogP contribution in [-0.4, -0.2) is 47.5 Å². The fourth-order valence-electron chi connectivity index (χ4n) is 4.90. The molecule has 4 aromatic heterocycles. The van der Waals surface area contributed by atoms with Gasteiger partial charge in [-0.25, -0.2) is 4.68 Å². The molecule has 1 aliphatic rings. The molecule has 1 fully saturated rings. The number of aromatic nitrogens is 7. The number of fused-ring (bicyclic) bond motifs is 2. The highest BCUT2D eigenvalue weighted by molar-refractivity contribution is 6.35. The van der Waals surface area contributed by atoms with Crippen LogP contribution in [0.1, 0.15) is 56.5 Å². The monoisotopic (exact) mass is 594 g/mol. The number of pyridine rings is 1. The summed E-state index contributed by atoms with van der Waals surface area (Å²) >= 11 is 6.69. The minimum atomic E-state index is -4.46. The zero-order valence-corrected chi connectivity index (χ0v) is 23.7. The molecule has 0 amide bonds. The van der Waals surface area contributed by atoms with Crippen LogP contribution in [0.2, 0.25) is 5.02 Å². The smallest absolute Gasteiger partial charge is 0.383 e. The first-order chi connectivity index (χ1) is 19.9. The van der Waals surface area contributed by atoms with E-state index in [1.54, 1.807) is 36.7 Å². The number of nitriles is 1. The summed E-state index contributed by atoms with van der Waals surface area (Å²) in [6.07, 6.45) is 1.40. The Morgan fingerprint density at radius 2 is 1.95 bits per heavy atom. The summed E-state index contributed by atoms with van der Waals surface area (Å²) < 4.78 is 44.0. The minimum Gasteiger partial charge on any atom is -0.383 e. The molecule has 216 valence electrons. The first-order valence-corrected chi connectivity index (χ1v) is 13.6. The van der Waals surface area contributed by atoms with Gasteiger partial charge in [-0.05, 0) is 42.5 Å². The molecule has 1 aromatic carbocycles. The number of alkyl halides is 3. The van der Waals surface area contributed by atoms with Crippen LogP contribution in [0.5, 0.6) is 0 Å². The molecule has 1 atom stereocenters. The van der Waals surface area contributed by atoms with Gasteiger partial charge in [0, 0.05) is 35.6 Å². The van der Waals surface area contributed by atoms with Crippen LogP contribution < -0.4 is 10.6 Å². The Hall–Kier alpha value is -4.44. The van der Waals surface area contributed by atoms with Crippen molar-refractivity contribution in [3.05, 3.63) is 70.9 Å². The van der Waals surface area contributed by atoms with Gasteiger partial charge in [0.2, 0.25) is 0 Å². The predicted octanol–water partition coefficient (Wildman–Crippen LogP) is 6.10. The van der Waals surface area contributed by atoms with Crippen LogP contribution in [0, 0.1) is 16.7 Å². The van der Waals surface area contributed by atoms with Crippen molar-refractivity contribution in [2.75, 3.05) is 17.2 Å². The average Bonchev–Trinajstić information content (AvgIpc) is 3.43. The SMILES string of the molecule is CC(C)(C)CNc1c(C#N)cnc2c(Cl)cc(N[C@H](c3cn(C4(C(F)(F)F)CC4)nn3)c3cnn4ncccc34)cc12. The van der Waals surface area contributed by atoms with Crippen molar-refractivity contribution in [2.45, 2.75) is 51.4 Å². The second kappa shape index (κ2) is 9.84. The van der Waals surface area contributed by atoms with Gasteiger partial charge in [0.25, 0.3) is 0 Å². The Morgan fingerprint density at radius 1 is 1.17 bits per heavy atom. The van der Waals surface area contributed by atoms with Crippen molar-refractivity contribution in [2.24, 2.45) is 5.41 Å². The summed E-state index contributed by atoms with van der Waals surface area (Å²) in [7, 11) is 0. The second-order valence-corrected chi connectivity index (χ2v) is 12.0. The van der Waals surface area contributed by atoms with Crippen LogP contribution >= 0.6 is 11.6 Å². The molecule has 42 heavy (non-hydrogen) atoms. The van der Waals surface area contributed by atoms with Gasteiger partial charge >= 0.3 is 6.18 Å². The number of nitrogens with zero attached hydrogens (tertiary/aromatic N) is 8. The van der Waals surface area contributed by atoms with Crippen molar-refractivity contribution in [1.82, 2.24) is 34.8 Å². The molecule has 2 N–H and O–H groups in total. The molecular formula is C28H26ClF3N10. The molecule has 1 saturated carbocycles. The number of rotatable bonds is 7. The van der Waals surface area contributed by atoms with Crippen LogP contribution in [-0.2, 0) is 5.54 Å². The molecule has 0 bridgehead atoms. The number of hydrogen-bond donors (Lipinski definition) is 2. The molecule has 0 radical (unpaired) electrons. The van der Waals surface area contributed by atoms with E-state index in [2.05, 4.69) is 63.0 Å². The van der Waals surface area contributed by atoms with E-state index in [1.807, 2.05) is 0 Å². The highest BCUT2D eigenvalue weighted by Gasteiger charge is 2.66. The van der Waals surface area contributed by atoms with Gasteiger partial charge in [0.15, 0.2) is 5.54 Å². The maximum atomic E-state index is 13.9. The Kier molecular flexibility index (Phi) is 6.49. The van der Waals surface area contributed by atoms with Crippen LogP contribution in [0.15, 0.2) is 49.1 Å². The third kappa shape index (κ3) is 4.85. The lowest BCUT2D eigenvalue weighted by Gasteiger charge is -2.22. The summed E-state index contributed by atoms with van der Waals surface area (Å²) in [5, 5.41) is 34.1. The standard InChI is InChI=1S/C28H26ClF3N10/c1-26(2,3)15-35-23-16(11-33)12-34-24-18(23)9-17(10-20(24)29)38-25(19-13-37-42-22(19)5-4-8-36-42)21-14-41(40-39-21)27(6-7-27)28(30,31)32/h4-5,8-10,12-14,25,38H,6-7,15H2,1-3H3,(H,34,35)/t25-/m0/s1. The fraction of sp³-hybridized carbons (Fsp3) is 0.357. The zero-order valence-electron chi connectivity index (χ0n) is 22.9. The normalized spacial score (nSPS) is 15.5. The van der Waals surface area contributed by atoms with Crippen LogP contribution in [0.4, 0.5) is 24.5 Å². The van der Waals surface area contributed by atoms with Crippen molar-refractivity contribution in [1.29, 1.82) is 5.26 Å². The number of hydrogen-bond acceptors (Lipinski definition) is 8. The Morgan fingerprint density at radius 3 is 2.64 bits per heavy atom. The highest BCUT2D eigenvalue weighted by atomic mass is 35.5.